The highest BCUT2D eigenvalue weighted by molar-refractivity contribution is 6.31. The molecule has 136 valence electrons. The maximum atomic E-state index is 12.2. The zero-order valence-corrected chi connectivity index (χ0v) is 15.6. The minimum Gasteiger partial charge on any atom is -0.408 e. The van der Waals surface area contributed by atoms with Crippen LogP contribution < -0.4 is 5.76 Å². The van der Waals surface area contributed by atoms with E-state index in [2.05, 4.69) is 41.0 Å². The highest BCUT2D eigenvalue weighted by Gasteiger charge is 2.19. The molecule has 0 radical (unpaired) electrons. The molecule has 0 atom stereocenters. The van der Waals surface area contributed by atoms with E-state index in [1.807, 2.05) is 6.07 Å². The molecule has 0 spiro atoms. The summed E-state index contributed by atoms with van der Waals surface area (Å²) in [6.07, 6.45) is 0. The SMILES string of the molecule is Cc1cccc(CN2CCN(Cn3c(=O)oc4cc(Cl)ccc43)CC2)c1. The average molecular weight is 372 g/mol. The van der Waals surface area contributed by atoms with Crippen molar-refractivity contribution in [3.05, 3.63) is 69.2 Å². The molecule has 0 aliphatic carbocycles. The molecule has 1 aliphatic heterocycles. The summed E-state index contributed by atoms with van der Waals surface area (Å²) in [5.41, 5.74) is 3.99. The number of halogens is 1. The predicted molar refractivity (Wildman–Crippen MR) is 104 cm³/mol. The zero-order valence-electron chi connectivity index (χ0n) is 14.8. The van der Waals surface area contributed by atoms with Crippen molar-refractivity contribution in [2.45, 2.75) is 20.1 Å². The molecule has 2 aromatic carbocycles. The largest absolute Gasteiger partial charge is 0.421 e. The normalized spacial score (nSPS) is 16.4. The molecule has 0 unspecified atom stereocenters. The lowest BCUT2D eigenvalue weighted by molar-refractivity contribution is 0.102. The van der Waals surface area contributed by atoms with Gasteiger partial charge in [0.2, 0.25) is 0 Å². The van der Waals surface area contributed by atoms with Gasteiger partial charge < -0.3 is 4.42 Å². The summed E-state index contributed by atoms with van der Waals surface area (Å²) in [5, 5.41) is 0.572. The van der Waals surface area contributed by atoms with Crippen molar-refractivity contribution in [2.24, 2.45) is 0 Å². The minimum atomic E-state index is -0.329. The molecular formula is C20H22ClN3O2. The summed E-state index contributed by atoms with van der Waals surface area (Å²) in [5.74, 6) is -0.329. The van der Waals surface area contributed by atoms with Crippen molar-refractivity contribution in [2.75, 3.05) is 26.2 Å². The topological polar surface area (TPSA) is 41.6 Å². The molecule has 3 aromatic rings. The Morgan fingerprint density at radius 2 is 1.81 bits per heavy atom. The third-order valence-corrected chi connectivity index (χ3v) is 5.16. The maximum Gasteiger partial charge on any atom is 0.421 e. The van der Waals surface area contributed by atoms with Crippen LogP contribution in [0.3, 0.4) is 0 Å². The third kappa shape index (κ3) is 3.70. The Bertz CT molecular complexity index is 971. The van der Waals surface area contributed by atoms with Crippen molar-refractivity contribution in [1.29, 1.82) is 0 Å². The predicted octanol–water partition coefficient (Wildman–Crippen LogP) is 3.33. The molecule has 1 fully saturated rings. The fourth-order valence-corrected chi connectivity index (χ4v) is 3.69. The van der Waals surface area contributed by atoms with Gasteiger partial charge in [-0.05, 0) is 24.6 Å². The van der Waals surface area contributed by atoms with Gasteiger partial charge in [0.25, 0.3) is 0 Å². The van der Waals surface area contributed by atoms with Gasteiger partial charge in [0, 0.05) is 43.8 Å². The Hall–Kier alpha value is -2.08. The standard InChI is InChI=1S/C20H22ClN3O2/c1-15-3-2-4-16(11-15)13-22-7-9-23(10-8-22)14-24-18-6-5-17(21)12-19(18)26-20(24)25/h2-6,11-12H,7-10,13-14H2,1H3. The lowest BCUT2D eigenvalue weighted by Crippen LogP contribution is -2.47. The molecule has 0 saturated carbocycles. The Morgan fingerprint density at radius 1 is 1.04 bits per heavy atom. The van der Waals surface area contributed by atoms with Crippen molar-refractivity contribution in [3.63, 3.8) is 0 Å². The van der Waals surface area contributed by atoms with Gasteiger partial charge in [-0.3, -0.25) is 14.4 Å². The van der Waals surface area contributed by atoms with Crippen molar-refractivity contribution in [3.8, 4) is 0 Å². The smallest absolute Gasteiger partial charge is 0.408 e. The van der Waals surface area contributed by atoms with Gasteiger partial charge in [-0.25, -0.2) is 4.79 Å². The lowest BCUT2D eigenvalue weighted by atomic mass is 10.1. The summed E-state index contributed by atoms with van der Waals surface area (Å²) in [4.78, 5) is 16.9. The van der Waals surface area contributed by atoms with E-state index in [4.69, 9.17) is 16.0 Å². The van der Waals surface area contributed by atoms with Gasteiger partial charge in [0.05, 0.1) is 12.2 Å². The van der Waals surface area contributed by atoms with Crippen LogP contribution in [0.15, 0.2) is 51.7 Å². The van der Waals surface area contributed by atoms with Crippen LogP contribution in [0, 0.1) is 6.92 Å². The van der Waals surface area contributed by atoms with Crippen LogP contribution in [0.25, 0.3) is 11.1 Å². The van der Waals surface area contributed by atoms with Gasteiger partial charge >= 0.3 is 5.76 Å². The second-order valence-corrected chi connectivity index (χ2v) is 7.37. The van der Waals surface area contributed by atoms with Crippen LogP contribution in [0.1, 0.15) is 11.1 Å². The number of fused-ring (bicyclic) bond motifs is 1. The Morgan fingerprint density at radius 3 is 2.58 bits per heavy atom. The quantitative estimate of drug-likeness (QED) is 0.705. The highest BCUT2D eigenvalue weighted by atomic mass is 35.5. The van der Waals surface area contributed by atoms with Crippen molar-refractivity contribution in [1.82, 2.24) is 14.4 Å². The Labute approximate surface area is 157 Å². The first kappa shape index (κ1) is 17.3. The number of piperazine rings is 1. The molecule has 0 bridgehead atoms. The molecule has 6 heteroatoms. The lowest BCUT2D eigenvalue weighted by Gasteiger charge is -2.34. The Kier molecular flexibility index (Phi) is 4.85. The maximum absolute atomic E-state index is 12.2. The number of oxazole rings is 1. The molecule has 2 heterocycles. The molecule has 4 rings (SSSR count). The van der Waals surface area contributed by atoms with E-state index in [0.717, 1.165) is 38.2 Å². The van der Waals surface area contributed by atoms with Crippen LogP contribution in [-0.2, 0) is 13.2 Å². The molecule has 26 heavy (non-hydrogen) atoms. The van der Waals surface area contributed by atoms with E-state index in [9.17, 15) is 4.79 Å². The summed E-state index contributed by atoms with van der Waals surface area (Å²) in [6, 6.07) is 14.0. The monoisotopic (exact) mass is 371 g/mol. The number of nitrogens with zero attached hydrogens (tertiary/aromatic N) is 3. The van der Waals surface area contributed by atoms with Gasteiger partial charge in [-0.2, -0.15) is 0 Å². The van der Waals surface area contributed by atoms with Gasteiger partial charge in [-0.15, -0.1) is 0 Å². The van der Waals surface area contributed by atoms with Crippen LogP contribution in [0.2, 0.25) is 5.02 Å². The van der Waals surface area contributed by atoms with E-state index in [1.165, 1.54) is 11.1 Å². The molecule has 0 amide bonds. The van der Waals surface area contributed by atoms with Gasteiger partial charge in [-0.1, -0.05) is 41.4 Å². The van der Waals surface area contributed by atoms with Crippen LogP contribution >= 0.6 is 11.6 Å². The number of aryl methyl sites for hydroxylation is 1. The van der Waals surface area contributed by atoms with E-state index in [-0.39, 0.29) is 5.76 Å². The summed E-state index contributed by atoms with van der Waals surface area (Å²) < 4.78 is 7.00. The summed E-state index contributed by atoms with van der Waals surface area (Å²) >= 11 is 5.98. The first-order chi connectivity index (χ1) is 12.6. The third-order valence-electron chi connectivity index (χ3n) is 4.93. The Balaban J connectivity index is 1.40. The number of rotatable bonds is 4. The first-order valence-corrected chi connectivity index (χ1v) is 9.25. The molecule has 1 aliphatic rings. The number of benzene rings is 2. The van der Waals surface area contributed by atoms with Crippen molar-refractivity contribution < 1.29 is 4.42 Å². The van der Waals surface area contributed by atoms with Crippen LogP contribution in [0.5, 0.6) is 0 Å². The average Bonchev–Trinajstić information content (AvgIpc) is 2.91. The first-order valence-electron chi connectivity index (χ1n) is 8.88. The van der Waals surface area contributed by atoms with E-state index >= 15 is 0 Å². The van der Waals surface area contributed by atoms with E-state index in [1.54, 1.807) is 16.7 Å². The zero-order chi connectivity index (χ0) is 18.1. The molecule has 0 N–H and O–H groups in total. The van der Waals surface area contributed by atoms with Crippen LogP contribution in [0.4, 0.5) is 0 Å². The van der Waals surface area contributed by atoms with E-state index < -0.39 is 0 Å². The van der Waals surface area contributed by atoms with Gasteiger partial charge in [0.15, 0.2) is 5.58 Å². The second kappa shape index (κ2) is 7.27. The number of aromatic nitrogens is 1. The number of hydrogen-bond acceptors (Lipinski definition) is 4. The fraction of sp³-hybridized carbons (Fsp3) is 0.350. The fourth-order valence-electron chi connectivity index (χ4n) is 3.53. The molecule has 5 nitrogen and oxygen atoms in total. The minimum absolute atomic E-state index is 0.329. The molecule has 1 saturated heterocycles. The van der Waals surface area contributed by atoms with E-state index in [0.29, 0.717) is 17.3 Å². The number of hydrogen-bond donors (Lipinski definition) is 0. The molecular weight excluding hydrogens is 350 g/mol. The summed E-state index contributed by atoms with van der Waals surface area (Å²) in [6.45, 7) is 7.49. The van der Waals surface area contributed by atoms with Crippen LogP contribution in [-0.4, -0.2) is 40.5 Å². The van der Waals surface area contributed by atoms with Gasteiger partial charge in [0.1, 0.15) is 0 Å². The highest BCUT2D eigenvalue weighted by Crippen LogP contribution is 2.19. The molecule has 1 aromatic heterocycles. The van der Waals surface area contributed by atoms with Crippen molar-refractivity contribution >= 4 is 22.7 Å². The second-order valence-electron chi connectivity index (χ2n) is 6.93. The summed E-state index contributed by atoms with van der Waals surface area (Å²) in [7, 11) is 0.